The zero-order valence-corrected chi connectivity index (χ0v) is 29.1. The van der Waals surface area contributed by atoms with Gasteiger partial charge in [-0.2, -0.15) is 0 Å². The molecule has 52 heavy (non-hydrogen) atoms. The van der Waals surface area contributed by atoms with E-state index in [9.17, 15) is 28.7 Å². The molecule has 0 bridgehead atoms. The molecule has 4 aromatic rings. The highest BCUT2D eigenvalue weighted by molar-refractivity contribution is 6.32. The number of morpholine rings is 1. The normalized spacial score (nSPS) is 28.6. The molecule has 1 N–H and O–H groups in total. The van der Waals surface area contributed by atoms with Crippen LogP contribution >= 0.6 is 11.6 Å². The number of amides is 4. The van der Waals surface area contributed by atoms with Crippen LogP contribution in [0.4, 0.5) is 21.5 Å². The first kappa shape index (κ1) is 32.8. The van der Waals surface area contributed by atoms with E-state index in [1.807, 2.05) is 42.5 Å². The minimum atomic E-state index is -1.38. The summed E-state index contributed by atoms with van der Waals surface area (Å²) in [4.78, 5) is 62.4. The number of ether oxygens (including phenoxy) is 1. The maximum atomic E-state index is 14.7. The smallest absolute Gasteiger partial charge is 0.241 e. The van der Waals surface area contributed by atoms with E-state index in [0.29, 0.717) is 29.9 Å². The van der Waals surface area contributed by atoms with Crippen molar-refractivity contribution < 1.29 is 33.4 Å². The van der Waals surface area contributed by atoms with Crippen LogP contribution in [0.15, 0.2) is 90.5 Å². The Morgan fingerprint density at radius 3 is 2.29 bits per heavy atom. The number of allylic oxidation sites excluding steroid dienone is 2. The maximum Gasteiger partial charge on any atom is 0.241 e. The molecule has 6 atom stereocenters. The summed E-state index contributed by atoms with van der Waals surface area (Å²) in [5.74, 6) is -6.00. The van der Waals surface area contributed by atoms with Crippen LogP contribution in [-0.4, -0.2) is 55.0 Å². The standard InChI is InChI=1S/C41H35ClFN3O6/c1-41-31(38(49)46(40(41)51)25-11-15-33(43)32(42)20-25)21-30-27(35(41)29-12-6-22-4-2-3-5-26(22)36(29)47)13-14-28-34(30)39(50)45(37(28)48)24-9-7-23(8-10-24)44-16-18-52-19-17-44/h2-13,15,20,28,30-31,34-35,47H,14,16-19,21H2,1H3. The third-order valence-corrected chi connectivity index (χ3v) is 12.5. The van der Waals surface area contributed by atoms with Gasteiger partial charge >= 0.3 is 0 Å². The molecule has 0 aromatic heterocycles. The van der Waals surface area contributed by atoms with Gasteiger partial charge in [0, 0.05) is 35.6 Å². The van der Waals surface area contributed by atoms with Gasteiger partial charge < -0.3 is 14.7 Å². The number of halogens is 2. The SMILES string of the molecule is CC12C(=O)N(c3ccc(F)c(Cl)c3)C(=O)C1CC1C(=CCC3C(=O)N(c4ccc(N5CCOCC5)cc4)C(=O)C31)C2c1ccc2ccccc2c1O. The van der Waals surface area contributed by atoms with Gasteiger partial charge in [0.15, 0.2) is 0 Å². The van der Waals surface area contributed by atoms with Crippen LogP contribution < -0.4 is 14.7 Å². The van der Waals surface area contributed by atoms with Gasteiger partial charge in [0.05, 0.1) is 52.8 Å². The summed E-state index contributed by atoms with van der Waals surface area (Å²) in [7, 11) is 0. The van der Waals surface area contributed by atoms with Crippen molar-refractivity contribution in [3.63, 3.8) is 0 Å². The number of imide groups is 2. The Kier molecular flexibility index (Phi) is 7.57. The fraction of sp³-hybridized carbons (Fsp3) is 0.317. The second kappa shape index (κ2) is 12.0. The first-order valence-electron chi connectivity index (χ1n) is 17.6. The highest BCUT2D eigenvalue weighted by Gasteiger charge is 2.68. The van der Waals surface area contributed by atoms with Crippen molar-refractivity contribution >= 4 is 63.1 Å². The van der Waals surface area contributed by atoms with Gasteiger partial charge in [0.25, 0.3) is 0 Å². The molecule has 3 saturated heterocycles. The second-order valence-electron chi connectivity index (χ2n) is 14.6. The number of carbonyl (C=O) groups is 4. The number of hydrogen-bond donors (Lipinski definition) is 1. The van der Waals surface area contributed by atoms with E-state index >= 15 is 0 Å². The van der Waals surface area contributed by atoms with Gasteiger partial charge in [0.2, 0.25) is 23.6 Å². The van der Waals surface area contributed by atoms with E-state index in [-0.39, 0.29) is 41.1 Å². The van der Waals surface area contributed by atoms with E-state index < -0.39 is 52.6 Å². The molecule has 4 fully saturated rings. The molecule has 6 unspecified atom stereocenters. The Morgan fingerprint density at radius 2 is 1.54 bits per heavy atom. The Bertz CT molecular complexity index is 2240. The Morgan fingerprint density at radius 1 is 0.827 bits per heavy atom. The van der Waals surface area contributed by atoms with E-state index in [4.69, 9.17) is 16.3 Å². The zero-order chi connectivity index (χ0) is 36.1. The summed E-state index contributed by atoms with van der Waals surface area (Å²) in [5, 5.41) is 13.1. The number of nitrogens with zero attached hydrogens (tertiary/aromatic N) is 3. The molecule has 4 amide bonds. The van der Waals surface area contributed by atoms with Gasteiger partial charge in [-0.05, 0) is 73.5 Å². The fourth-order valence-corrected chi connectivity index (χ4v) is 9.80. The molecule has 9 rings (SSSR count). The number of carbonyl (C=O) groups excluding carboxylic acids is 4. The average molecular weight is 720 g/mol. The Labute approximate surface area is 304 Å². The monoisotopic (exact) mass is 719 g/mol. The quantitative estimate of drug-likeness (QED) is 0.187. The van der Waals surface area contributed by atoms with E-state index in [0.717, 1.165) is 40.7 Å². The molecule has 0 spiro atoms. The molecule has 264 valence electrons. The number of rotatable bonds is 4. The maximum absolute atomic E-state index is 14.7. The Hall–Kier alpha value is -5.06. The lowest BCUT2D eigenvalue weighted by Crippen LogP contribution is -2.48. The third-order valence-electron chi connectivity index (χ3n) is 12.2. The predicted octanol–water partition coefficient (Wildman–Crippen LogP) is 6.61. The lowest BCUT2D eigenvalue weighted by Gasteiger charge is -2.49. The molecular formula is C41H35ClFN3O6. The van der Waals surface area contributed by atoms with Crippen LogP contribution in [-0.2, 0) is 23.9 Å². The van der Waals surface area contributed by atoms with E-state index in [1.165, 1.54) is 17.0 Å². The molecular weight excluding hydrogens is 685 g/mol. The molecule has 9 nitrogen and oxygen atoms in total. The van der Waals surface area contributed by atoms with Crippen LogP contribution in [0.1, 0.15) is 31.2 Å². The number of aromatic hydroxyl groups is 1. The summed E-state index contributed by atoms with van der Waals surface area (Å²) in [6.07, 6.45) is 2.37. The molecule has 11 heteroatoms. The zero-order valence-electron chi connectivity index (χ0n) is 28.3. The number of anilines is 3. The van der Waals surface area contributed by atoms with Crippen LogP contribution in [0.25, 0.3) is 10.8 Å². The van der Waals surface area contributed by atoms with Crippen molar-refractivity contribution in [2.24, 2.45) is 29.1 Å². The van der Waals surface area contributed by atoms with Gasteiger partial charge in [-0.3, -0.25) is 24.1 Å². The number of fused-ring (bicyclic) bond motifs is 5. The molecule has 5 aliphatic rings. The average Bonchev–Trinajstić information content (AvgIpc) is 3.53. The summed E-state index contributed by atoms with van der Waals surface area (Å²) >= 11 is 6.13. The lowest BCUT2D eigenvalue weighted by atomic mass is 9.51. The first-order chi connectivity index (χ1) is 25.1. The van der Waals surface area contributed by atoms with Crippen LogP contribution in [0.5, 0.6) is 5.75 Å². The number of phenols is 1. The highest BCUT2D eigenvalue weighted by atomic mass is 35.5. The minimum absolute atomic E-state index is 0.00826. The van der Waals surface area contributed by atoms with Crippen molar-refractivity contribution in [2.45, 2.75) is 25.7 Å². The van der Waals surface area contributed by atoms with Crippen molar-refractivity contribution in [2.75, 3.05) is 41.0 Å². The minimum Gasteiger partial charge on any atom is -0.507 e. The molecule has 4 aromatic carbocycles. The number of hydrogen-bond acceptors (Lipinski definition) is 7. The van der Waals surface area contributed by atoms with Crippen LogP contribution in [0, 0.1) is 34.9 Å². The largest absolute Gasteiger partial charge is 0.507 e. The molecule has 2 aliphatic carbocycles. The summed E-state index contributed by atoms with van der Waals surface area (Å²) in [6, 6.07) is 22.2. The van der Waals surface area contributed by atoms with Gasteiger partial charge in [-0.25, -0.2) is 9.29 Å². The topological polar surface area (TPSA) is 107 Å². The summed E-state index contributed by atoms with van der Waals surface area (Å²) < 4.78 is 19.7. The van der Waals surface area contributed by atoms with Gasteiger partial charge in [-0.1, -0.05) is 59.6 Å². The van der Waals surface area contributed by atoms with Crippen LogP contribution in [0.2, 0.25) is 5.02 Å². The third kappa shape index (κ3) is 4.63. The van der Waals surface area contributed by atoms with Crippen molar-refractivity contribution in [1.29, 1.82) is 0 Å². The van der Waals surface area contributed by atoms with Crippen molar-refractivity contribution in [1.82, 2.24) is 0 Å². The Balaban J connectivity index is 1.14. The molecule has 3 aliphatic heterocycles. The van der Waals surface area contributed by atoms with Gasteiger partial charge in [0.1, 0.15) is 11.6 Å². The number of benzene rings is 4. The lowest BCUT2D eigenvalue weighted by molar-refractivity contribution is -0.131. The fourth-order valence-electron chi connectivity index (χ4n) is 9.62. The molecule has 3 heterocycles. The summed E-state index contributed by atoms with van der Waals surface area (Å²) in [5.41, 5.74) is 1.46. The molecule has 1 saturated carbocycles. The number of phenolic OH excluding ortho intramolecular Hbond substituents is 1. The van der Waals surface area contributed by atoms with Crippen molar-refractivity contribution in [3.8, 4) is 5.75 Å². The van der Waals surface area contributed by atoms with E-state index in [2.05, 4.69) is 4.90 Å². The predicted molar refractivity (Wildman–Crippen MR) is 194 cm³/mol. The first-order valence-corrected chi connectivity index (χ1v) is 18.0. The summed E-state index contributed by atoms with van der Waals surface area (Å²) in [6.45, 7) is 4.51. The second-order valence-corrected chi connectivity index (χ2v) is 15.0. The van der Waals surface area contributed by atoms with Crippen molar-refractivity contribution in [3.05, 3.63) is 107 Å². The van der Waals surface area contributed by atoms with E-state index in [1.54, 1.807) is 31.2 Å². The molecule has 0 radical (unpaired) electrons. The highest BCUT2D eigenvalue weighted by Crippen LogP contribution is 2.65. The van der Waals surface area contributed by atoms with Crippen LogP contribution in [0.3, 0.4) is 0 Å². The van der Waals surface area contributed by atoms with Gasteiger partial charge in [-0.15, -0.1) is 0 Å².